The second-order valence-electron chi connectivity index (χ2n) is 10.5. The van der Waals surface area contributed by atoms with Crippen molar-refractivity contribution < 1.29 is 23.9 Å². The molecule has 0 saturated carbocycles. The van der Waals surface area contributed by atoms with Gasteiger partial charge in [-0.1, -0.05) is 84.9 Å². The third kappa shape index (κ3) is 9.31. The van der Waals surface area contributed by atoms with Crippen molar-refractivity contribution in [1.82, 2.24) is 5.32 Å². The Morgan fingerprint density at radius 1 is 0.688 bits per heavy atom. The third-order valence-corrected chi connectivity index (χ3v) is 8.24. The zero-order valence-electron chi connectivity index (χ0n) is 26.1. The number of hydrogen-bond donors (Lipinski definition) is 3. The summed E-state index contributed by atoms with van der Waals surface area (Å²) < 4.78 is 5.04. The van der Waals surface area contributed by atoms with Crippen LogP contribution in [0, 0.1) is 0 Å². The molecule has 5 aromatic rings. The van der Waals surface area contributed by atoms with Gasteiger partial charge in [0.1, 0.15) is 10.9 Å². The van der Waals surface area contributed by atoms with Gasteiger partial charge >= 0.3 is 5.97 Å². The van der Waals surface area contributed by atoms with E-state index in [4.69, 9.17) is 4.74 Å². The summed E-state index contributed by atoms with van der Waals surface area (Å²) in [6.07, 6.45) is 1.61. The smallest absolute Gasteiger partial charge is 0.338 e. The molecule has 3 N–H and O–H groups in total. The molecule has 0 aliphatic carbocycles. The molecule has 0 aliphatic rings. The van der Waals surface area contributed by atoms with Crippen molar-refractivity contribution in [2.75, 3.05) is 17.2 Å². The molecule has 0 aliphatic heterocycles. The summed E-state index contributed by atoms with van der Waals surface area (Å²) >= 11 is 1.32. The minimum absolute atomic E-state index is 0.0728. The number of esters is 1. The van der Waals surface area contributed by atoms with Crippen molar-refractivity contribution >= 4 is 52.9 Å². The van der Waals surface area contributed by atoms with Crippen molar-refractivity contribution in [1.29, 1.82) is 0 Å². The summed E-state index contributed by atoms with van der Waals surface area (Å²) in [4.78, 5) is 53.0. The average Bonchev–Trinajstić information content (AvgIpc) is 3.12. The Hall–Kier alpha value is -5.93. The maximum atomic E-state index is 13.6. The molecule has 0 bridgehead atoms. The van der Waals surface area contributed by atoms with Crippen molar-refractivity contribution in [3.8, 4) is 0 Å². The Morgan fingerprint density at radius 3 is 2.00 bits per heavy atom. The predicted octanol–water partition coefficient (Wildman–Crippen LogP) is 7.75. The standard InChI is InChI=1S/C39H33N3O5S/c1-2-47-39(46)30-21-23-31(24-22-30)40-38(45)35(28-15-8-4-9-16-28)48-33-20-12-19-32(26-33)41-37(44)34(25-27-13-6-3-7-14-27)42-36(43)29-17-10-5-11-18-29/h3-26,35H,2H2,1H3,(H,40,45)(H,41,44)(H,42,43)/b34-25-. The van der Waals surface area contributed by atoms with Crippen LogP contribution in [0.2, 0.25) is 0 Å². The normalized spacial score (nSPS) is 11.6. The molecule has 3 amide bonds. The highest BCUT2D eigenvalue weighted by molar-refractivity contribution is 8.00. The van der Waals surface area contributed by atoms with Crippen LogP contribution >= 0.6 is 11.8 Å². The van der Waals surface area contributed by atoms with Gasteiger partial charge in [0.05, 0.1) is 12.2 Å². The van der Waals surface area contributed by atoms with E-state index in [9.17, 15) is 19.2 Å². The first-order chi connectivity index (χ1) is 23.4. The fraction of sp³-hybridized carbons (Fsp3) is 0.0769. The van der Waals surface area contributed by atoms with Crippen molar-refractivity contribution in [3.05, 3.63) is 167 Å². The van der Waals surface area contributed by atoms with Crippen LogP contribution in [-0.4, -0.2) is 30.3 Å². The molecule has 0 heterocycles. The minimum atomic E-state index is -0.638. The van der Waals surface area contributed by atoms with Gasteiger partial charge in [0, 0.05) is 21.8 Å². The predicted molar refractivity (Wildman–Crippen MR) is 189 cm³/mol. The monoisotopic (exact) mass is 655 g/mol. The Bertz CT molecular complexity index is 1900. The average molecular weight is 656 g/mol. The molecular formula is C39H33N3O5S. The lowest BCUT2D eigenvalue weighted by Crippen LogP contribution is -2.30. The first-order valence-electron chi connectivity index (χ1n) is 15.2. The van der Waals surface area contributed by atoms with Crippen LogP contribution in [0.3, 0.4) is 0 Å². The van der Waals surface area contributed by atoms with E-state index in [0.717, 1.165) is 16.0 Å². The molecule has 0 aromatic heterocycles. The molecule has 0 fully saturated rings. The quantitative estimate of drug-likeness (QED) is 0.0720. The number of rotatable bonds is 12. The van der Waals surface area contributed by atoms with Crippen molar-refractivity contribution in [3.63, 3.8) is 0 Å². The molecule has 9 heteroatoms. The van der Waals surface area contributed by atoms with Crippen molar-refractivity contribution in [2.24, 2.45) is 0 Å². The lowest BCUT2D eigenvalue weighted by atomic mass is 10.1. The van der Waals surface area contributed by atoms with Crippen LogP contribution in [-0.2, 0) is 14.3 Å². The molecule has 1 unspecified atom stereocenters. The van der Waals surface area contributed by atoms with E-state index in [0.29, 0.717) is 22.5 Å². The highest BCUT2D eigenvalue weighted by Crippen LogP contribution is 2.37. The fourth-order valence-electron chi connectivity index (χ4n) is 4.65. The molecule has 8 nitrogen and oxygen atoms in total. The summed E-state index contributed by atoms with van der Waals surface area (Å²) in [5, 5.41) is 7.95. The molecule has 1 atom stereocenters. The Balaban J connectivity index is 1.34. The van der Waals surface area contributed by atoms with E-state index in [2.05, 4.69) is 16.0 Å². The summed E-state index contributed by atoms with van der Waals surface area (Å²) in [6, 6.07) is 40.9. The van der Waals surface area contributed by atoms with E-state index in [1.165, 1.54) is 11.8 Å². The maximum Gasteiger partial charge on any atom is 0.338 e. The van der Waals surface area contributed by atoms with Crippen LogP contribution < -0.4 is 16.0 Å². The third-order valence-electron chi connectivity index (χ3n) is 6.99. The Labute approximate surface area is 283 Å². The van der Waals surface area contributed by atoms with Gasteiger partial charge in [0.2, 0.25) is 5.91 Å². The number of amides is 3. The lowest BCUT2D eigenvalue weighted by Gasteiger charge is -2.18. The van der Waals surface area contributed by atoms with Gasteiger partial charge in [-0.3, -0.25) is 14.4 Å². The maximum absolute atomic E-state index is 13.6. The zero-order valence-corrected chi connectivity index (χ0v) is 26.9. The topological polar surface area (TPSA) is 114 Å². The number of anilines is 2. The number of hydrogen-bond acceptors (Lipinski definition) is 6. The molecule has 240 valence electrons. The van der Waals surface area contributed by atoms with Gasteiger partial charge in [-0.05, 0) is 78.7 Å². The SMILES string of the molecule is CCOC(=O)c1ccc(NC(=O)C(Sc2cccc(NC(=O)/C(=C/c3ccccc3)NC(=O)c3ccccc3)c2)c2ccccc2)cc1. The van der Waals surface area contributed by atoms with Gasteiger partial charge in [-0.25, -0.2) is 4.79 Å². The molecular weight excluding hydrogens is 623 g/mol. The van der Waals surface area contributed by atoms with Crippen LogP contribution in [0.15, 0.2) is 150 Å². The van der Waals surface area contributed by atoms with Gasteiger partial charge in [-0.15, -0.1) is 11.8 Å². The highest BCUT2D eigenvalue weighted by atomic mass is 32.2. The minimum Gasteiger partial charge on any atom is -0.462 e. The summed E-state index contributed by atoms with van der Waals surface area (Å²) in [5.74, 6) is -1.61. The van der Waals surface area contributed by atoms with Gasteiger partial charge in [0.15, 0.2) is 0 Å². The molecule has 5 aromatic carbocycles. The van der Waals surface area contributed by atoms with Crippen LogP contribution in [0.4, 0.5) is 11.4 Å². The number of carbonyl (C=O) groups excluding carboxylic acids is 4. The fourth-order valence-corrected chi connectivity index (χ4v) is 5.74. The largest absolute Gasteiger partial charge is 0.462 e. The van der Waals surface area contributed by atoms with Crippen LogP contribution in [0.1, 0.15) is 44.0 Å². The second-order valence-corrected chi connectivity index (χ2v) is 11.6. The van der Waals surface area contributed by atoms with E-state index in [1.807, 2.05) is 72.8 Å². The van der Waals surface area contributed by atoms with E-state index in [-0.39, 0.29) is 18.2 Å². The lowest BCUT2D eigenvalue weighted by molar-refractivity contribution is -0.116. The molecule has 0 radical (unpaired) electrons. The number of thioether (sulfide) groups is 1. The van der Waals surface area contributed by atoms with E-state index < -0.39 is 23.0 Å². The number of benzene rings is 5. The van der Waals surface area contributed by atoms with E-state index in [1.54, 1.807) is 79.7 Å². The van der Waals surface area contributed by atoms with E-state index >= 15 is 0 Å². The number of nitrogens with one attached hydrogen (secondary N) is 3. The second kappa shape index (κ2) is 16.6. The van der Waals surface area contributed by atoms with Gasteiger partial charge in [-0.2, -0.15) is 0 Å². The summed E-state index contributed by atoms with van der Waals surface area (Å²) in [6.45, 7) is 2.01. The highest BCUT2D eigenvalue weighted by Gasteiger charge is 2.23. The number of carbonyl (C=O) groups is 4. The number of ether oxygens (including phenoxy) is 1. The molecule has 0 saturated heterocycles. The summed E-state index contributed by atoms with van der Waals surface area (Å²) in [7, 11) is 0. The summed E-state index contributed by atoms with van der Waals surface area (Å²) in [5.41, 5.74) is 3.43. The molecule has 0 spiro atoms. The van der Waals surface area contributed by atoms with Gasteiger partial charge < -0.3 is 20.7 Å². The Morgan fingerprint density at radius 2 is 1.33 bits per heavy atom. The first-order valence-corrected chi connectivity index (χ1v) is 16.1. The molecule has 48 heavy (non-hydrogen) atoms. The zero-order chi connectivity index (χ0) is 33.7. The molecule has 5 rings (SSSR count). The van der Waals surface area contributed by atoms with Crippen LogP contribution in [0.25, 0.3) is 6.08 Å². The van der Waals surface area contributed by atoms with Crippen LogP contribution in [0.5, 0.6) is 0 Å². The first kappa shape index (κ1) is 33.4. The van der Waals surface area contributed by atoms with Crippen molar-refractivity contribution in [2.45, 2.75) is 17.1 Å². The van der Waals surface area contributed by atoms with Gasteiger partial charge in [0.25, 0.3) is 11.8 Å². The Kier molecular flexibility index (Phi) is 11.5.